The van der Waals surface area contributed by atoms with Crippen molar-refractivity contribution in [2.24, 2.45) is 0 Å². The number of imidazole rings is 1. The van der Waals surface area contributed by atoms with Gasteiger partial charge in [0.15, 0.2) is 5.15 Å². The van der Waals surface area contributed by atoms with E-state index in [1.165, 1.54) is 19.3 Å². The molecule has 1 spiro atoms. The summed E-state index contributed by atoms with van der Waals surface area (Å²) in [4.78, 5) is 43.5. The predicted molar refractivity (Wildman–Crippen MR) is 177 cm³/mol. The summed E-state index contributed by atoms with van der Waals surface area (Å²) < 4.78 is 7.70. The van der Waals surface area contributed by atoms with Crippen molar-refractivity contribution in [1.29, 1.82) is 0 Å². The third-order valence-electron chi connectivity index (χ3n) is 10.4. The van der Waals surface area contributed by atoms with Gasteiger partial charge in [-0.2, -0.15) is 0 Å². The average molecular weight is 633 g/mol. The molecule has 1 aromatic carbocycles. The van der Waals surface area contributed by atoms with Crippen LogP contribution < -0.4 is 4.90 Å². The lowest BCUT2D eigenvalue weighted by atomic mass is 9.73. The molecule has 0 N–H and O–H groups in total. The van der Waals surface area contributed by atoms with Crippen molar-refractivity contribution in [3.8, 4) is 11.3 Å². The molecule has 2 amide bonds. The molecule has 3 fully saturated rings. The lowest BCUT2D eigenvalue weighted by molar-refractivity contribution is -0.126. The van der Waals surface area contributed by atoms with E-state index in [-0.39, 0.29) is 24.1 Å². The first-order chi connectivity index (χ1) is 21.4. The largest absolute Gasteiger partial charge is 0.444 e. The summed E-state index contributed by atoms with van der Waals surface area (Å²) in [6.07, 6.45) is 8.52. The molecule has 0 bridgehead atoms. The molecule has 0 atom stereocenters. The highest BCUT2D eigenvalue weighted by Crippen LogP contribution is 2.52. The zero-order chi connectivity index (χ0) is 31.7. The number of piperidine rings is 2. The summed E-state index contributed by atoms with van der Waals surface area (Å²) in [5.74, 6) is 0.178. The first-order valence-electron chi connectivity index (χ1n) is 16.7. The number of fused-ring (bicyclic) bond motifs is 3. The zero-order valence-electron chi connectivity index (χ0n) is 27.2. The Morgan fingerprint density at radius 2 is 1.73 bits per heavy atom. The van der Waals surface area contributed by atoms with Crippen molar-refractivity contribution >= 4 is 40.3 Å². The Balaban J connectivity index is 1.22. The highest BCUT2D eigenvalue weighted by atomic mass is 35.5. The van der Waals surface area contributed by atoms with Gasteiger partial charge in [0.05, 0.1) is 23.0 Å². The van der Waals surface area contributed by atoms with Gasteiger partial charge < -0.3 is 24.0 Å². The molecule has 2 saturated heterocycles. The third-order valence-corrected chi connectivity index (χ3v) is 10.7. The van der Waals surface area contributed by atoms with Crippen molar-refractivity contribution in [3.05, 3.63) is 41.3 Å². The number of likely N-dealkylation sites (tertiary alicyclic amines) is 2. The Hall–Kier alpha value is -3.17. The van der Waals surface area contributed by atoms with Crippen LogP contribution in [0.4, 0.5) is 10.5 Å². The van der Waals surface area contributed by atoms with E-state index in [4.69, 9.17) is 21.3 Å². The highest BCUT2D eigenvalue weighted by molar-refractivity contribution is 6.34. The predicted octanol–water partition coefficient (Wildman–Crippen LogP) is 6.96. The van der Waals surface area contributed by atoms with Crippen LogP contribution in [0.3, 0.4) is 0 Å². The minimum absolute atomic E-state index is 0.169. The Labute approximate surface area is 270 Å². The number of benzene rings is 1. The fourth-order valence-electron chi connectivity index (χ4n) is 7.90. The second-order valence-corrected chi connectivity index (χ2v) is 15.1. The number of halogens is 1. The minimum atomic E-state index is -0.645. The number of hydrogen-bond donors (Lipinski definition) is 0. The highest BCUT2D eigenvalue weighted by Gasteiger charge is 2.56. The number of amides is 2. The molecule has 0 unspecified atom stereocenters. The molecule has 7 rings (SSSR count). The van der Waals surface area contributed by atoms with Crippen LogP contribution in [0.25, 0.3) is 22.3 Å². The van der Waals surface area contributed by atoms with E-state index in [0.717, 1.165) is 59.5 Å². The lowest BCUT2D eigenvalue weighted by Crippen LogP contribution is -2.58. The Morgan fingerprint density at radius 3 is 2.40 bits per heavy atom. The molecule has 4 aliphatic rings. The third kappa shape index (κ3) is 5.29. The Bertz CT molecular complexity index is 1620. The minimum Gasteiger partial charge on any atom is -0.444 e. The molecule has 45 heavy (non-hydrogen) atoms. The van der Waals surface area contributed by atoms with E-state index in [0.29, 0.717) is 37.1 Å². The number of anilines is 1. The van der Waals surface area contributed by atoms with E-state index in [2.05, 4.69) is 46.8 Å². The van der Waals surface area contributed by atoms with E-state index in [9.17, 15) is 9.59 Å². The molecule has 240 valence electrons. The van der Waals surface area contributed by atoms with Crippen LogP contribution in [-0.2, 0) is 14.9 Å². The fourth-order valence-corrected chi connectivity index (χ4v) is 8.18. The maximum Gasteiger partial charge on any atom is 0.410 e. The quantitative estimate of drug-likeness (QED) is 0.289. The summed E-state index contributed by atoms with van der Waals surface area (Å²) in [5.41, 5.74) is 4.16. The first-order valence-corrected chi connectivity index (χ1v) is 17.1. The number of carbonyl (C=O) groups excluding carboxylic acids is 2. The van der Waals surface area contributed by atoms with Gasteiger partial charge in [-0.3, -0.25) is 4.79 Å². The van der Waals surface area contributed by atoms with Gasteiger partial charge in [0.1, 0.15) is 11.1 Å². The molecule has 0 radical (unpaired) electrons. The number of nitrogens with zero attached hydrogens (tertiary/aromatic N) is 6. The number of pyridine rings is 1. The smallest absolute Gasteiger partial charge is 0.410 e. The summed E-state index contributed by atoms with van der Waals surface area (Å²) in [6, 6.07) is 9.25. The molecule has 1 aliphatic carbocycles. The van der Waals surface area contributed by atoms with Gasteiger partial charge >= 0.3 is 6.09 Å². The zero-order valence-corrected chi connectivity index (χ0v) is 27.9. The number of ether oxygens (including phenoxy) is 1. The van der Waals surface area contributed by atoms with Crippen LogP contribution in [0.1, 0.15) is 91.2 Å². The number of carbonyl (C=O) groups is 2. The Kier molecular flexibility index (Phi) is 7.63. The fraction of sp³-hybridized carbons (Fsp3) is 0.600. The van der Waals surface area contributed by atoms with Crippen molar-refractivity contribution in [3.63, 3.8) is 0 Å². The second kappa shape index (κ2) is 11.3. The van der Waals surface area contributed by atoms with Crippen LogP contribution in [0, 0.1) is 0 Å². The summed E-state index contributed by atoms with van der Waals surface area (Å²) in [5, 5.41) is 0.427. The van der Waals surface area contributed by atoms with Crippen molar-refractivity contribution in [2.75, 3.05) is 31.1 Å². The second-order valence-electron chi connectivity index (χ2n) is 14.7. The normalized spacial score (nSPS) is 23.6. The molecule has 5 heterocycles. The van der Waals surface area contributed by atoms with Crippen LogP contribution >= 0.6 is 11.6 Å². The number of aromatic nitrogens is 3. The number of rotatable bonds is 4. The van der Waals surface area contributed by atoms with E-state index >= 15 is 0 Å². The molecule has 10 heteroatoms. The molecule has 3 aromatic rings. The maximum absolute atomic E-state index is 14.6. The van der Waals surface area contributed by atoms with Gasteiger partial charge in [0.25, 0.3) is 0 Å². The topological polar surface area (TPSA) is 83.8 Å². The standard InChI is InChI=1S/C35H45ClN6O3/c1-22(2)41-21-37-28-20-27(38-31(36)30(28)41)23-9-10-26-29(17-23)42(25-18-24(19-25)39-13-7-6-8-14-39)32(43)35(26)11-15-40(16-12-35)33(44)45-34(3,4)5/h9-10,17,20-22,24-25H,6-8,11-16,18-19H2,1-5H3. The van der Waals surface area contributed by atoms with Crippen LogP contribution in [0.15, 0.2) is 30.6 Å². The van der Waals surface area contributed by atoms with Crippen molar-refractivity contribution in [2.45, 2.75) is 109 Å². The van der Waals surface area contributed by atoms with E-state index in [1.807, 2.05) is 37.7 Å². The summed E-state index contributed by atoms with van der Waals surface area (Å²) in [6.45, 7) is 13.2. The van der Waals surface area contributed by atoms with Gasteiger partial charge in [-0.15, -0.1) is 0 Å². The van der Waals surface area contributed by atoms with Gasteiger partial charge in [-0.05, 0) is 104 Å². The van der Waals surface area contributed by atoms with E-state index in [1.54, 1.807) is 4.90 Å². The van der Waals surface area contributed by atoms with Crippen molar-refractivity contribution in [1.82, 2.24) is 24.3 Å². The Morgan fingerprint density at radius 1 is 1.02 bits per heavy atom. The average Bonchev–Trinajstić information content (AvgIpc) is 3.51. The molecule has 2 aromatic heterocycles. The van der Waals surface area contributed by atoms with E-state index < -0.39 is 11.0 Å². The summed E-state index contributed by atoms with van der Waals surface area (Å²) in [7, 11) is 0. The number of hydrogen-bond acceptors (Lipinski definition) is 6. The molecule has 3 aliphatic heterocycles. The van der Waals surface area contributed by atoms with Gasteiger partial charge in [-0.1, -0.05) is 30.2 Å². The summed E-state index contributed by atoms with van der Waals surface area (Å²) >= 11 is 6.76. The maximum atomic E-state index is 14.6. The SMILES string of the molecule is CC(C)n1cnc2cc(-c3ccc4c(c3)N(C3CC(N5CCCCC5)C3)C(=O)C43CCN(C(=O)OC(C)(C)C)CC3)nc(Cl)c21. The van der Waals surface area contributed by atoms with Gasteiger partial charge in [-0.25, -0.2) is 14.8 Å². The van der Waals surface area contributed by atoms with Gasteiger partial charge in [0, 0.05) is 42.5 Å². The molecule has 1 saturated carbocycles. The molecular formula is C35H45ClN6O3. The van der Waals surface area contributed by atoms with Crippen LogP contribution in [0.2, 0.25) is 5.15 Å². The molecular weight excluding hydrogens is 588 g/mol. The van der Waals surface area contributed by atoms with Crippen molar-refractivity contribution < 1.29 is 14.3 Å². The monoisotopic (exact) mass is 632 g/mol. The van der Waals surface area contributed by atoms with Gasteiger partial charge in [0.2, 0.25) is 5.91 Å². The molecule has 9 nitrogen and oxygen atoms in total. The van der Waals surface area contributed by atoms with Crippen LogP contribution in [-0.4, -0.2) is 80.2 Å². The first kappa shape index (κ1) is 30.5. The lowest BCUT2D eigenvalue weighted by Gasteiger charge is -2.48. The van der Waals surface area contributed by atoms with Crippen LogP contribution in [0.5, 0.6) is 0 Å².